The van der Waals surface area contributed by atoms with E-state index in [1.54, 1.807) is 18.3 Å². The second kappa shape index (κ2) is 9.17. The first-order valence-electron chi connectivity index (χ1n) is 8.69. The molecule has 158 valence electrons. The first-order chi connectivity index (χ1) is 13.5. The van der Waals surface area contributed by atoms with Crippen molar-refractivity contribution in [1.29, 1.82) is 0 Å². The number of hydrogen-bond acceptors (Lipinski definition) is 4. The molecule has 1 amide bonds. The zero-order valence-electron chi connectivity index (χ0n) is 15.8. The Morgan fingerprint density at radius 3 is 2.31 bits per heavy atom. The van der Waals surface area contributed by atoms with Crippen LogP contribution >= 0.6 is 0 Å². The van der Waals surface area contributed by atoms with E-state index in [1.807, 2.05) is 6.92 Å². The molecule has 0 saturated carbocycles. The van der Waals surface area contributed by atoms with E-state index in [2.05, 4.69) is 4.72 Å². The van der Waals surface area contributed by atoms with Gasteiger partial charge in [0.2, 0.25) is 5.91 Å². The van der Waals surface area contributed by atoms with Crippen LogP contribution in [0.5, 0.6) is 5.75 Å². The number of nitrogens with one attached hydrogen (secondary N) is 2. The summed E-state index contributed by atoms with van der Waals surface area (Å²) in [6.07, 6.45) is -4.72. The fourth-order valence-electron chi connectivity index (χ4n) is 2.46. The second-order valence-corrected chi connectivity index (χ2v) is 7.91. The van der Waals surface area contributed by atoms with Gasteiger partial charge >= 0.3 is 6.18 Å². The Morgan fingerprint density at radius 1 is 1.10 bits per heavy atom. The van der Waals surface area contributed by atoms with Gasteiger partial charge in [0, 0.05) is 5.69 Å². The smallest absolute Gasteiger partial charge is 0.405 e. The summed E-state index contributed by atoms with van der Waals surface area (Å²) >= 11 is 0. The number of hydrogen-bond donors (Lipinski definition) is 2. The predicted octanol–water partition coefficient (Wildman–Crippen LogP) is 3.42. The molecule has 0 spiro atoms. The average Bonchev–Trinajstić information content (AvgIpc) is 2.63. The van der Waals surface area contributed by atoms with E-state index in [-0.39, 0.29) is 17.0 Å². The zero-order valence-corrected chi connectivity index (χ0v) is 16.7. The SMILES string of the molecule is CCOc1ccc(S(=O)(=O)Nc2ccc(CC(=O)NCC(F)(F)F)cc2)cc1C. The Labute approximate surface area is 167 Å². The number of amides is 1. The largest absolute Gasteiger partial charge is 0.494 e. The number of alkyl halides is 3. The third-order valence-electron chi connectivity index (χ3n) is 3.81. The molecule has 6 nitrogen and oxygen atoms in total. The molecule has 29 heavy (non-hydrogen) atoms. The minimum Gasteiger partial charge on any atom is -0.494 e. The van der Waals surface area contributed by atoms with Crippen LogP contribution in [-0.2, 0) is 21.2 Å². The molecule has 0 unspecified atom stereocenters. The summed E-state index contributed by atoms with van der Waals surface area (Å²) in [4.78, 5) is 11.6. The van der Waals surface area contributed by atoms with Crippen LogP contribution in [0.1, 0.15) is 18.1 Å². The van der Waals surface area contributed by atoms with Gasteiger partial charge in [-0.1, -0.05) is 12.1 Å². The monoisotopic (exact) mass is 430 g/mol. The fraction of sp³-hybridized carbons (Fsp3) is 0.316. The van der Waals surface area contributed by atoms with E-state index >= 15 is 0 Å². The number of anilines is 1. The number of rotatable bonds is 8. The molecule has 2 aromatic carbocycles. The second-order valence-electron chi connectivity index (χ2n) is 6.23. The van der Waals surface area contributed by atoms with E-state index in [4.69, 9.17) is 4.74 Å². The van der Waals surface area contributed by atoms with Crippen molar-refractivity contribution in [2.75, 3.05) is 17.9 Å². The first-order valence-corrected chi connectivity index (χ1v) is 10.2. The van der Waals surface area contributed by atoms with E-state index in [9.17, 15) is 26.4 Å². The highest BCUT2D eigenvalue weighted by atomic mass is 32.2. The van der Waals surface area contributed by atoms with Crippen molar-refractivity contribution < 1.29 is 31.1 Å². The Hall–Kier alpha value is -2.75. The number of halogens is 3. The standard InChI is InChI=1S/C19H21F3N2O4S/c1-3-28-17-9-8-16(10-13(17)2)29(26,27)24-15-6-4-14(5-7-15)11-18(25)23-12-19(20,21)22/h4-10,24H,3,11-12H2,1-2H3,(H,23,25). The Kier molecular flexibility index (Phi) is 7.12. The van der Waals surface area contributed by atoms with Crippen LogP contribution in [0.3, 0.4) is 0 Å². The van der Waals surface area contributed by atoms with Crippen LogP contribution in [0.15, 0.2) is 47.4 Å². The molecule has 0 heterocycles. The lowest BCUT2D eigenvalue weighted by molar-refractivity contribution is -0.138. The van der Waals surface area contributed by atoms with Gasteiger partial charge in [-0.3, -0.25) is 9.52 Å². The number of sulfonamides is 1. The summed E-state index contributed by atoms with van der Waals surface area (Å²) in [6, 6.07) is 10.3. The fourth-order valence-corrected chi connectivity index (χ4v) is 3.60. The van der Waals surface area contributed by atoms with Gasteiger partial charge in [-0.25, -0.2) is 8.42 Å². The van der Waals surface area contributed by atoms with Crippen molar-refractivity contribution in [3.05, 3.63) is 53.6 Å². The minimum absolute atomic E-state index is 0.0639. The van der Waals surface area contributed by atoms with Gasteiger partial charge in [0.05, 0.1) is 17.9 Å². The number of benzene rings is 2. The quantitative estimate of drug-likeness (QED) is 0.672. The molecule has 0 aromatic heterocycles. The Balaban J connectivity index is 2.03. The Bertz CT molecular complexity index is 958. The lowest BCUT2D eigenvalue weighted by Gasteiger charge is -2.12. The lowest BCUT2D eigenvalue weighted by atomic mass is 10.1. The van der Waals surface area contributed by atoms with Crippen LogP contribution in [0, 0.1) is 6.92 Å². The number of carbonyl (C=O) groups is 1. The molecule has 0 saturated heterocycles. The molecule has 2 aromatic rings. The topological polar surface area (TPSA) is 84.5 Å². The van der Waals surface area contributed by atoms with Crippen molar-refractivity contribution >= 4 is 21.6 Å². The summed E-state index contributed by atoms with van der Waals surface area (Å²) in [5, 5.41) is 1.78. The molecule has 10 heteroatoms. The first kappa shape index (κ1) is 22.5. The predicted molar refractivity (Wildman–Crippen MR) is 102 cm³/mol. The van der Waals surface area contributed by atoms with Crippen LogP contribution < -0.4 is 14.8 Å². The molecule has 2 N–H and O–H groups in total. The van der Waals surface area contributed by atoms with Gasteiger partial charge in [-0.05, 0) is 55.3 Å². The maximum atomic E-state index is 12.5. The van der Waals surface area contributed by atoms with E-state index < -0.39 is 28.7 Å². The van der Waals surface area contributed by atoms with Crippen LogP contribution in [-0.4, -0.2) is 33.7 Å². The van der Waals surface area contributed by atoms with Gasteiger partial charge in [0.1, 0.15) is 12.3 Å². The van der Waals surface area contributed by atoms with Gasteiger partial charge in [-0.15, -0.1) is 0 Å². The average molecular weight is 430 g/mol. The molecule has 0 fully saturated rings. The van der Waals surface area contributed by atoms with Crippen molar-refractivity contribution in [2.24, 2.45) is 0 Å². The maximum absolute atomic E-state index is 12.5. The summed E-state index contributed by atoms with van der Waals surface area (Å²) < 4.78 is 69.2. The molecule has 0 atom stereocenters. The summed E-state index contributed by atoms with van der Waals surface area (Å²) in [7, 11) is -3.84. The highest BCUT2D eigenvalue weighted by Crippen LogP contribution is 2.23. The van der Waals surface area contributed by atoms with Crippen LogP contribution in [0.4, 0.5) is 18.9 Å². The zero-order chi connectivity index (χ0) is 21.7. The van der Waals surface area contributed by atoms with Crippen molar-refractivity contribution in [3.8, 4) is 5.75 Å². The van der Waals surface area contributed by atoms with Gasteiger partial charge in [0.25, 0.3) is 10.0 Å². The molecular weight excluding hydrogens is 409 g/mol. The number of ether oxygens (including phenoxy) is 1. The van der Waals surface area contributed by atoms with E-state index in [0.29, 0.717) is 23.5 Å². The van der Waals surface area contributed by atoms with Crippen LogP contribution in [0.2, 0.25) is 0 Å². The van der Waals surface area contributed by atoms with Gasteiger partial charge < -0.3 is 10.1 Å². The summed E-state index contributed by atoms with van der Waals surface area (Å²) in [6.45, 7) is 2.63. The molecule has 0 aliphatic heterocycles. The van der Waals surface area contributed by atoms with E-state index in [1.165, 1.54) is 36.4 Å². The highest BCUT2D eigenvalue weighted by molar-refractivity contribution is 7.92. The normalized spacial score (nSPS) is 11.8. The number of carbonyl (C=O) groups excluding carboxylic acids is 1. The third-order valence-corrected chi connectivity index (χ3v) is 5.19. The summed E-state index contributed by atoms with van der Waals surface area (Å²) in [5.74, 6) is -0.180. The van der Waals surface area contributed by atoms with Crippen molar-refractivity contribution in [3.63, 3.8) is 0 Å². The lowest BCUT2D eigenvalue weighted by Crippen LogP contribution is -2.34. The molecule has 0 bridgehead atoms. The van der Waals surface area contributed by atoms with Gasteiger partial charge in [0.15, 0.2) is 0 Å². The molecule has 0 aliphatic carbocycles. The highest BCUT2D eigenvalue weighted by Gasteiger charge is 2.27. The van der Waals surface area contributed by atoms with Crippen LogP contribution in [0.25, 0.3) is 0 Å². The molecule has 0 aliphatic rings. The summed E-state index contributed by atoms with van der Waals surface area (Å²) in [5.41, 5.74) is 1.38. The molecule has 0 radical (unpaired) electrons. The maximum Gasteiger partial charge on any atom is 0.405 e. The Morgan fingerprint density at radius 2 is 1.76 bits per heavy atom. The number of aryl methyl sites for hydroxylation is 1. The molecule has 2 rings (SSSR count). The van der Waals surface area contributed by atoms with Crippen molar-refractivity contribution in [2.45, 2.75) is 31.3 Å². The third kappa shape index (κ3) is 6.97. The minimum atomic E-state index is -4.48. The van der Waals surface area contributed by atoms with E-state index in [0.717, 1.165) is 0 Å². The van der Waals surface area contributed by atoms with Crippen molar-refractivity contribution in [1.82, 2.24) is 5.32 Å². The van der Waals surface area contributed by atoms with Gasteiger partial charge in [-0.2, -0.15) is 13.2 Å². The molecular formula is C19H21F3N2O4S.